The van der Waals surface area contributed by atoms with E-state index in [1.165, 1.54) is 5.56 Å². The number of hydrogen-bond acceptors (Lipinski definition) is 4. The lowest BCUT2D eigenvalue weighted by molar-refractivity contribution is -0.144. The maximum absolute atomic E-state index is 12.2. The molecule has 2 aromatic carbocycles. The number of fused-ring (bicyclic) bond motifs is 1. The van der Waals surface area contributed by atoms with Crippen molar-refractivity contribution in [3.63, 3.8) is 0 Å². The zero-order valence-corrected chi connectivity index (χ0v) is 13.3. The second-order valence-electron chi connectivity index (χ2n) is 5.66. The van der Waals surface area contributed by atoms with E-state index in [0.717, 1.165) is 6.42 Å². The third-order valence-corrected chi connectivity index (χ3v) is 4.05. The van der Waals surface area contributed by atoms with Crippen LogP contribution in [0.4, 0.5) is 0 Å². The van der Waals surface area contributed by atoms with Gasteiger partial charge in [-0.2, -0.15) is 0 Å². The van der Waals surface area contributed by atoms with E-state index in [0.29, 0.717) is 23.2 Å². The van der Waals surface area contributed by atoms with Crippen LogP contribution in [0.15, 0.2) is 48.5 Å². The molecule has 2 atom stereocenters. The van der Waals surface area contributed by atoms with Gasteiger partial charge in [0.15, 0.2) is 11.5 Å². The number of para-hydroxylation sites is 2. The van der Waals surface area contributed by atoms with Crippen molar-refractivity contribution in [2.45, 2.75) is 32.3 Å². The molecule has 2 aromatic rings. The summed E-state index contributed by atoms with van der Waals surface area (Å²) in [4.78, 5) is 12.2. The van der Waals surface area contributed by atoms with Crippen LogP contribution in [0.1, 0.15) is 31.7 Å². The molecule has 0 spiro atoms. The van der Waals surface area contributed by atoms with Crippen molar-refractivity contribution in [3.8, 4) is 17.2 Å². The third-order valence-electron chi connectivity index (χ3n) is 4.05. The van der Waals surface area contributed by atoms with Gasteiger partial charge in [-0.05, 0) is 42.2 Å². The van der Waals surface area contributed by atoms with E-state index >= 15 is 0 Å². The van der Waals surface area contributed by atoms with E-state index in [1.54, 1.807) is 6.07 Å². The van der Waals surface area contributed by atoms with E-state index < -0.39 is 12.1 Å². The average Bonchev–Trinajstić information content (AvgIpc) is 2.61. The summed E-state index contributed by atoms with van der Waals surface area (Å²) in [5, 5.41) is 0. The van der Waals surface area contributed by atoms with Crippen molar-refractivity contribution in [2.24, 2.45) is 0 Å². The highest BCUT2D eigenvalue weighted by atomic mass is 16.6. The Labute approximate surface area is 136 Å². The molecule has 0 N–H and O–H groups in total. The Hall–Kier alpha value is -2.49. The molecular formula is C19H20O4. The molecule has 0 aromatic heterocycles. The molecule has 1 heterocycles. The van der Waals surface area contributed by atoms with E-state index in [9.17, 15) is 4.79 Å². The fourth-order valence-electron chi connectivity index (χ4n) is 2.42. The van der Waals surface area contributed by atoms with Crippen LogP contribution < -0.4 is 14.2 Å². The first-order chi connectivity index (χ1) is 11.2. The molecule has 0 unspecified atom stereocenters. The van der Waals surface area contributed by atoms with Crippen LogP contribution in [0.2, 0.25) is 0 Å². The Balaban J connectivity index is 1.64. The van der Waals surface area contributed by atoms with Crippen LogP contribution in [0, 0.1) is 0 Å². The lowest BCUT2D eigenvalue weighted by Crippen LogP contribution is -2.39. The van der Waals surface area contributed by atoms with Gasteiger partial charge >= 0.3 is 5.97 Å². The predicted molar refractivity (Wildman–Crippen MR) is 87.1 cm³/mol. The fourth-order valence-corrected chi connectivity index (χ4v) is 2.42. The summed E-state index contributed by atoms with van der Waals surface area (Å²) in [6.45, 7) is 4.48. The highest BCUT2D eigenvalue weighted by Gasteiger charge is 2.29. The molecule has 0 amide bonds. The molecule has 0 fully saturated rings. The SMILES string of the molecule is CC[C@@H](C)c1ccc(OC(=O)[C@H]2COc3ccccc3O2)cc1. The van der Waals surface area contributed by atoms with Gasteiger partial charge in [0.1, 0.15) is 12.4 Å². The molecule has 0 aliphatic carbocycles. The molecule has 23 heavy (non-hydrogen) atoms. The third kappa shape index (κ3) is 3.47. The molecule has 4 nitrogen and oxygen atoms in total. The van der Waals surface area contributed by atoms with E-state index in [-0.39, 0.29) is 6.61 Å². The normalized spacial score (nSPS) is 17.4. The minimum absolute atomic E-state index is 0.154. The number of hydrogen-bond donors (Lipinski definition) is 0. The molecule has 1 aliphatic rings. The number of carbonyl (C=O) groups excluding carboxylic acids is 1. The standard InChI is InChI=1S/C19H20O4/c1-3-13(2)14-8-10-15(11-9-14)22-19(20)18-12-21-16-6-4-5-7-17(16)23-18/h4-11,13,18H,3,12H2,1-2H3/t13-,18-/m1/s1. The van der Waals surface area contributed by atoms with Crippen LogP contribution >= 0.6 is 0 Å². The summed E-state index contributed by atoms with van der Waals surface area (Å²) >= 11 is 0. The number of benzene rings is 2. The van der Waals surface area contributed by atoms with Gasteiger partial charge in [-0.3, -0.25) is 0 Å². The second kappa shape index (κ2) is 6.73. The minimum atomic E-state index is -0.751. The quantitative estimate of drug-likeness (QED) is 0.633. The summed E-state index contributed by atoms with van der Waals surface area (Å²) in [5.41, 5.74) is 1.23. The molecule has 120 valence electrons. The van der Waals surface area contributed by atoms with Gasteiger partial charge in [-0.15, -0.1) is 0 Å². The van der Waals surface area contributed by atoms with Crippen LogP contribution in [0.25, 0.3) is 0 Å². The van der Waals surface area contributed by atoms with E-state index in [2.05, 4.69) is 13.8 Å². The topological polar surface area (TPSA) is 44.8 Å². The number of ether oxygens (including phenoxy) is 3. The van der Waals surface area contributed by atoms with Gasteiger partial charge in [0.2, 0.25) is 6.10 Å². The van der Waals surface area contributed by atoms with Crippen molar-refractivity contribution < 1.29 is 19.0 Å². The zero-order chi connectivity index (χ0) is 16.2. The molecule has 1 aliphatic heterocycles. The van der Waals surface area contributed by atoms with Gasteiger partial charge in [-0.25, -0.2) is 4.79 Å². The van der Waals surface area contributed by atoms with E-state index in [4.69, 9.17) is 14.2 Å². The van der Waals surface area contributed by atoms with Crippen molar-refractivity contribution >= 4 is 5.97 Å². The molecule has 4 heteroatoms. The summed E-state index contributed by atoms with van der Waals surface area (Å²) < 4.78 is 16.6. The Bertz CT molecular complexity index is 678. The summed E-state index contributed by atoms with van der Waals surface area (Å²) in [6.07, 6.45) is 0.324. The van der Waals surface area contributed by atoms with Crippen LogP contribution in [0.5, 0.6) is 17.2 Å². The van der Waals surface area contributed by atoms with Crippen LogP contribution in [0.3, 0.4) is 0 Å². The minimum Gasteiger partial charge on any atom is -0.485 e. The first-order valence-electron chi connectivity index (χ1n) is 7.87. The monoisotopic (exact) mass is 312 g/mol. The van der Waals surface area contributed by atoms with Crippen molar-refractivity contribution in [2.75, 3.05) is 6.61 Å². The molecule has 0 saturated carbocycles. The highest BCUT2D eigenvalue weighted by Crippen LogP contribution is 2.31. The van der Waals surface area contributed by atoms with Crippen LogP contribution in [-0.4, -0.2) is 18.7 Å². The number of rotatable bonds is 4. The highest BCUT2D eigenvalue weighted by molar-refractivity contribution is 5.78. The van der Waals surface area contributed by atoms with Gasteiger partial charge in [0, 0.05) is 0 Å². The first kappa shape index (κ1) is 15.4. The van der Waals surface area contributed by atoms with Gasteiger partial charge in [0.05, 0.1) is 0 Å². The average molecular weight is 312 g/mol. The van der Waals surface area contributed by atoms with Gasteiger partial charge in [0.25, 0.3) is 0 Å². The molecule has 0 radical (unpaired) electrons. The van der Waals surface area contributed by atoms with Crippen LogP contribution in [-0.2, 0) is 4.79 Å². The molecule has 0 bridgehead atoms. The molecule has 0 saturated heterocycles. The van der Waals surface area contributed by atoms with Crippen molar-refractivity contribution in [1.29, 1.82) is 0 Å². The van der Waals surface area contributed by atoms with Crippen molar-refractivity contribution in [3.05, 3.63) is 54.1 Å². The first-order valence-corrected chi connectivity index (χ1v) is 7.87. The van der Waals surface area contributed by atoms with Gasteiger partial charge < -0.3 is 14.2 Å². The smallest absolute Gasteiger partial charge is 0.356 e. The maximum Gasteiger partial charge on any atom is 0.356 e. The zero-order valence-electron chi connectivity index (χ0n) is 13.3. The lowest BCUT2D eigenvalue weighted by Gasteiger charge is -2.24. The number of esters is 1. The Kier molecular flexibility index (Phi) is 4.51. The predicted octanol–water partition coefficient (Wildman–Crippen LogP) is 3.95. The lowest BCUT2D eigenvalue weighted by atomic mass is 9.99. The summed E-state index contributed by atoms with van der Waals surface area (Å²) in [6, 6.07) is 14.9. The maximum atomic E-state index is 12.2. The molecule has 3 rings (SSSR count). The summed E-state index contributed by atoms with van der Waals surface area (Å²) in [7, 11) is 0. The fraction of sp³-hybridized carbons (Fsp3) is 0.316. The Morgan fingerprint density at radius 3 is 2.57 bits per heavy atom. The summed E-state index contributed by atoms with van der Waals surface area (Å²) in [5.74, 6) is 1.77. The second-order valence-corrected chi connectivity index (χ2v) is 5.66. The van der Waals surface area contributed by atoms with E-state index in [1.807, 2.05) is 42.5 Å². The van der Waals surface area contributed by atoms with Gasteiger partial charge in [-0.1, -0.05) is 38.1 Å². The van der Waals surface area contributed by atoms with Crippen molar-refractivity contribution in [1.82, 2.24) is 0 Å². The Morgan fingerprint density at radius 1 is 1.17 bits per heavy atom. The largest absolute Gasteiger partial charge is 0.485 e. The number of carbonyl (C=O) groups is 1. The molecular weight excluding hydrogens is 292 g/mol. The Morgan fingerprint density at radius 2 is 1.87 bits per heavy atom.